The van der Waals surface area contributed by atoms with Gasteiger partial charge in [-0.2, -0.15) is 11.8 Å². The molecule has 1 fully saturated rings. The molecular formula is C10H22N2O2S2. The third-order valence-corrected chi connectivity index (χ3v) is 5.75. The summed E-state index contributed by atoms with van der Waals surface area (Å²) in [7, 11) is -0.924. The first kappa shape index (κ1) is 14.3. The molecule has 96 valence electrons. The number of nitrogens with zero attached hydrogens (tertiary/aromatic N) is 1. The highest BCUT2D eigenvalue weighted by Crippen LogP contribution is 2.20. The van der Waals surface area contributed by atoms with Gasteiger partial charge in [0.2, 0.25) is 0 Å². The number of hydrogen-bond donors (Lipinski definition) is 1. The molecule has 0 aromatic heterocycles. The molecule has 1 saturated heterocycles. The summed E-state index contributed by atoms with van der Waals surface area (Å²) in [5.74, 6) is 1.38. The Morgan fingerprint density at radius 3 is 2.50 bits per heavy atom. The van der Waals surface area contributed by atoms with Crippen LogP contribution in [0.3, 0.4) is 0 Å². The van der Waals surface area contributed by atoms with Gasteiger partial charge in [0.1, 0.15) is 0 Å². The molecule has 0 radical (unpaired) electrons. The average molecular weight is 266 g/mol. The molecule has 0 spiro atoms. The number of thioether (sulfide) groups is 1. The van der Waals surface area contributed by atoms with Crippen LogP contribution in [0.5, 0.6) is 0 Å². The van der Waals surface area contributed by atoms with E-state index in [1.54, 1.807) is 11.8 Å². The summed E-state index contributed by atoms with van der Waals surface area (Å²) < 4.78 is 23.0. The summed E-state index contributed by atoms with van der Waals surface area (Å²) in [4.78, 5) is 2.16. The van der Waals surface area contributed by atoms with Crippen LogP contribution in [-0.4, -0.2) is 62.0 Å². The fourth-order valence-corrected chi connectivity index (χ4v) is 5.07. The molecule has 1 heterocycles. The highest BCUT2D eigenvalue weighted by atomic mass is 32.2. The molecule has 2 N–H and O–H groups in total. The molecule has 0 aromatic rings. The quantitative estimate of drug-likeness (QED) is 0.769. The molecule has 16 heavy (non-hydrogen) atoms. The Hall–Kier alpha value is 0.220. The molecule has 0 aromatic carbocycles. The fraction of sp³-hybridized carbons (Fsp3) is 1.00. The van der Waals surface area contributed by atoms with Crippen molar-refractivity contribution in [1.82, 2.24) is 4.90 Å². The van der Waals surface area contributed by atoms with Crippen molar-refractivity contribution in [3.05, 3.63) is 0 Å². The first-order valence-electron chi connectivity index (χ1n) is 5.58. The second-order valence-corrected chi connectivity index (χ2v) is 7.56. The van der Waals surface area contributed by atoms with Crippen LogP contribution in [0.15, 0.2) is 0 Å². The van der Waals surface area contributed by atoms with Gasteiger partial charge in [0.05, 0.1) is 11.5 Å². The van der Waals surface area contributed by atoms with E-state index in [2.05, 4.69) is 18.1 Å². The second-order valence-electron chi connectivity index (χ2n) is 4.49. The van der Waals surface area contributed by atoms with Crippen LogP contribution in [0.1, 0.15) is 13.3 Å². The molecule has 0 bridgehead atoms. The van der Waals surface area contributed by atoms with E-state index in [1.807, 2.05) is 7.05 Å². The first-order chi connectivity index (χ1) is 7.41. The third kappa shape index (κ3) is 3.35. The van der Waals surface area contributed by atoms with Crippen LogP contribution in [0.2, 0.25) is 0 Å². The summed E-state index contributed by atoms with van der Waals surface area (Å²) in [5, 5.41) is 0. The van der Waals surface area contributed by atoms with Crippen LogP contribution in [-0.2, 0) is 9.84 Å². The zero-order chi connectivity index (χ0) is 12.3. The largest absolute Gasteiger partial charge is 0.325 e. The SMILES string of the molecule is CCC(CSC)N(C)C1CS(=O)(=O)CC1N. The monoisotopic (exact) mass is 266 g/mol. The minimum Gasteiger partial charge on any atom is -0.325 e. The van der Waals surface area contributed by atoms with Crippen LogP contribution in [0.4, 0.5) is 0 Å². The second kappa shape index (κ2) is 5.71. The predicted octanol–water partition coefficient (Wildman–Crippen LogP) is 0.184. The smallest absolute Gasteiger partial charge is 0.153 e. The Kier molecular flexibility index (Phi) is 5.10. The molecule has 0 amide bonds. The summed E-state index contributed by atoms with van der Waals surface area (Å²) in [6.07, 6.45) is 3.10. The van der Waals surface area contributed by atoms with Crippen molar-refractivity contribution in [3.8, 4) is 0 Å². The molecular weight excluding hydrogens is 244 g/mol. The topological polar surface area (TPSA) is 63.4 Å². The fourth-order valence-electron chi connectivity index (χ4n) is 2.26. The Labute approximate surface area is 103 Å². The van der Waals surface area contributed by atoms with Gasteiger partial charge in [-0.15, -0.1) is 0 Å². The van der Waals surface area contributed by atoms with E-state index in [0.29, 0.717) is 6.04 Å². The Bertz CT molecular complexity index is 319. The van der Waals surface area contributed by atoms with E-state index in [4.69, 9.17) is 5.73 Å². The minimum absolute atomic E-state index is 0.0119. The highest BCUT2D eigenvalue weighted by molar-refractivity contribution is 7.98. The van der Waals surface area contributed by atoms with E-state index >= 15 is 0 Å². The van der Waals surface area contributed by atoms with Crippen molar-refractivity contribution in [2.75, 3.05) is 30.6 Å². The maximum Gasteiger partial charge on any atom is 0.153 e. The lowest BCUT2D eigenvalue weighted by Gasteiger charge is -2.33. The van der Waals surface area contributed by atoms with Gasteiger partial charge in [0, 0.05) is 23.9 Å². The number of hydrogen-bond acceptors (Lipinski definition) is 5. The first-order valence-corrected chi connectivity index (χ1v) is 8.79. The van der Waals surface area contributed by atoms with E-state index in [1.165, 1.54) is 0 Å². The Morgan fingerprint density at radius 2 is 2.12 bits per heavy atom. The Morgan fingerprint density at radius 1 is 1.50 bits per heavy atom. The van der Waals surface area contributed by atoms with E-state index in [-0.39, 0.29) is 23.6 Å². The van der Waals surface area contributed by atoms with Crippen molar-refractivity contribution in [2.24, 2.45) is 5.73 Å². The number of likely N-dealkylation sites (N-methyl/N-ethyl adjacent to an activating group) is 1. The van der Waals surface area contributed by atoms with Crippen LogP contribution >= 0.6 is 11.8 Å². The zero-order valence-electron chi connectivity index (χ0n) is 10.2. The van der Waals surface area contributed by atoms with Gasteiger partial charge < -0.3 is 5.73 Å². The molecule has 4 nitrogen and oxygen atoms in total. The van der Waals surface area contributed by atoms with E-state index < -0.39 is 9.84 Å². The molecule has 3 atom stereocenters. The van der Waals surface area contributed by atoms with Gasteiger partial charge in [0.15, 0.2) is 9.84 Å². The molecule has 1 aliphatic rings. The summed E-state index contributed by atoms with van der Waals surface area (Å²) >= 11 is 1.79. The van der Waals surface area contributed by atoms with Crippen molar-refractivity contribution < 1.29 is 8.42 Å². The maximum atomic E-state index is 11.5. The molecule has 6 heteroatoms. The Balaban J connectivity index is 2.70. The molecule has 3 unspecified atom stereocenters. The minimum atomic E-state index is -2.92. The van der Waals surface area contributed by atoms with Gasteiger partial charge in [-0.3, -0.25) is 4.90 Å². The average Bonchev–Trinajstić information content (AvgIpc) is 2.47. The van der Waals surface area contributed by atoms with E-state index in [9.17, 15) is 8.42 Å². The van der Waals surface area contributed by atoms with Gasteiger partial charge >= 0.3 is 0 Å². The molecule has 0 aliphatic carbocycles. The number of sulfone groups is 1. The number of rotatable bonds is 5. The number of nitrogens with two attached hydrogens (primary N) is 1. The maximum absolute atomic E-state index is 11.5. The van der Waals surface area contributed by atoms with Crippen molar-refractivity contribution in [3.63, 3.8) is 0 Å². The molecule has 0 saturated carbocycles. The third-order valence-electron chi connectivity index (χ3n) is 3.29. The predicted molar refractivity (Wildman–Crippen MR) is 70.6 cm³/mol. The van der Waals surface area contributed by atoms with Gasteiger partial charge in [0.25, 0.3) is 0 Å². The highest BCUT2D eigenvalue weighted by Gasteiger charge is 2.39. The van der Waals surface area contributed by atoms with Crippen LogP contribution in [0, 0.1) is 0 Å². The van der Waals surface area contributed by atoms with Gasteiger partial charge in [-0.05, 0) is 19.7 Å². The molecule has 1 rings (SSSR count). The van der Waals surface area contributed by atoms with Crippen molar-refractivity contribution in [1.29, 1.82) is 0 Å². The van der Waals surface area contributed by atoms with E-state index in [0.717, 1.165) is 12.2 Å². The lowest BCUT2D eigenvalue weighted by molar-refractivity contribution is 0.185. The normalized spacial score (nSPS) is 30.8. The summed E-state index contributed by atoms with van der Waals surface area (Å²) in [6, 6.07) is 0.173. The van der Waals surface area contributed by atoms with Crippen molar-refractivity contribution >= 4 is 21.6 Å². The van der Waals surface area contributed by atoms with Gasteiger partial charge in [-0.25, -0.2) is 8.42 Å². The lowest BCUT2D eigenvalue weighted by Crippen LogP contribution is -2.50. The summed E-state index contributed by atoms with van der Waals surface area (Å²) in [6.45, 7) is 2.13. The lowest BCUT2D eigenvalue weighted by atomic mass is 10.1. The van der Waals surface area contributed by atoms with Crippen molar-refractivity contribution in [2.45, 2.75) is 31.5 Å². The van der Waals surface area contributed by atoms with Gasteiger partial charge in [-0.1, -0.05) is 6.92 Å². The van der Waals surface area contributed by atoms with Crippen LogP contribution < -0.4 is 5.73 Å². The van der Waals surface area contributed by atoms with Crippen LogP contribution in [0.25, 0.3) is 0 Å². The standard InChI is InChI=1S/C10H22N2O2S2/c1-4-8(5-15-3)12(2)10-7-16(13,14)6-9(10)11/h8-10H,4-7,11H2,1-3H3. The zero-order valence-corrected chi connectivity index (χ0v) is 11.9. The summed E-state index contributed by atoms with van der Waals surface area (Å²) in [5.41, 5.74) is 5.92. The molecule has 1 aliphatic heterocycles.